The predicted octanol–water partition coefficient (Wildman–Crippen LogP) is 1.05. The Kier molecular flexibility index (Phi) is 5.03. The van der Waals surface area contributed by atoms with E-state index in [9.17, 15) is 4.79 Å². The van der Waals surface area contributed by atoms with Gasteiger partial charge in [0, 0.05) is 13.1 Å². The molecule has 1 aromatic heterocycles. The highest BCUT2D eigenvalue weighted by molar-refractivity contribution is 6.29. The summed E-state index contributed by atoms with van der Waals surface area (Å²) in [5.74, 6) is 0.463. The maximum Gasteiger partial charge on any atom is 0.245 e. The van der Waals surface area contributed by atoms with E-state index >= 15 is 0 Å². The SMILES string of the molecule is CCCNC(=O)C1COCCN1c1nc(Cl)ccc1N. The van der Waals surface area contributed by atoms with E-state index in [1.54, 1.807) is 12.1 Å². The molecule has 110 valence electrons. The molecule has 1 aliphatic heterocycles. The molecule has 0 radical (unpaired) electrons. The number of nitrogens with two attached hydrogens (primary N) is 1. The van der Waals surface area contributed by atoms with Crippen LogP contribution in [-0.2, 0) is 9.53 Å². The van der Waals surface area contributed by atoms with Gasteiger partial charge in [-0.3, -0.25) is 4.79 Å². The van der Waals surface area contributed by atoms with Crippen molar-refractivity contribution in [2.75, 3.05) is 36.9 Å². The summed E-state index contributed by atoms with van der Waals surface area (Å²) in [4.78, 5) is 18.3. The van der Waals surface area contributed by atoms with Crippen LogP contribution in [0.2, 0.25) is 5.15 Å². The van der Waals surface area contributed by atoms with Crippen LogP contribution < -0.4 is 16.0 Å². The molecule has 0 aromatic carbocycles. The number of nitrogens with one attached hydrogen (secondary N) is 1. The van der Waals surface area contributed by atoms with E-state index in [1.807, 2.05) is 11.8 Å². The molecule has 1 amide bonds. The molecule has 1 atom stereocenters. The largest absolute Gasteiger partial charge is 0.396 e. The summed E-state index contributed by atoms with van der Waals surface area (Å²) in [6, 6.07) is 2.90. The summed E-state index contributed by atoms with van der Waals surface area (Å²) in [5, 5.41) is 3.23. The summed E-state index contributed by atoms with van der Waals surface area (Å²) >= 11 is 5.92. The van der Waals surface area contributed by atoms with Crippen LogP contribution in [-0.4, -0.2) is 43.2 Å². The number of carbonyl (C=O) groups is 1. The fourth-order valence-electron chi connectivity index (χ4n) is 2.11. The second-order valence-corrected chi connectivity index (χ2v) is 5.01. The third kappa shape index (κ3) is 3.32. The molecule has 6 nitrogen and oxygen atoms in total. The normalized spacial score (nSPS) is 18.9. The molecule has 7 heteroatoms. The first-order chi connectivity index (χ1) is 9.63. The second-order valence-electron chi connectivity index (χ2n) is 4.62. The van der Waals surface area contributed by atoms with Crippen LogP contribution in [0.5, 0.6) is 0 Å². The van der Waals surface area contributed by atoms with Crippen LogP contribution >= 0.6 is 11.6 Å². The lowest BCUT2D eigenvalue weighted by atomic mass is 10.2. The molecule has 20 heavy (non-hydrogen) atoms. The maximum absolute atomic E-state index is 12.2. The number of carbonyl (C=O) groups excluding carboxylic acids is 1. The number of aromatic nitrogens is 1. The molecule has 1 aliphatic rings. The van der Waals surface area contributed by atoms with E-state index < -0.39 is 6.04 Å². The number of halogens is 1. The van der Waals surface area contributed by atoms with Gasteiger partial charge in [-0.25, -0.2) is 4.98 Å². The van der Waals surface area contributed by atoms with Gasteiger partial charge in [-0.05, 0) is 18.6 Å². The molecule has 1 saturated heterocycles. The molecule has 1 unspecified atom stereocenters. The van der Waals surface area contributed by atoms with Crippen molar-refractivity contribution in [1.29, 1.82) is 0 Å². The first kappa shape index (κ1) is 14.9. The van der Waals surface area contributed by atoms with E-state index in [-0.39, 0.29) is 5.91 Å². The zero-order valence-corrected chi connectivity index (χ0v) is 12.2. The lowest BCUT2D eigenvalue weighted by Gasteiger charge is -2.36. The Labute approximate surface area is 123 Å². The number of nitrogen functional groups attached to an aromatic ring is 1. The summed E-state index contributed by atoms with van der Waals surface area (Å²) in [5.41, 5.74) is 6.45. The van der Waals surface area contributed by atoms with Gasteiger partial charge in [-0.1, -0.05) is 18.5 Å². The summed E-state index contributed by atoms with van der Waals surface area (Å²) in [6.07, 6.45) is 0.886. The van der Waals surface area contributed by atoms with Crippen LogP contribution in [0.15, 0.2) is 12.1 Å². The maximum atomic E-state index is 12.2. The van der Waals surface area contributed by atoms with Crippen LogP contribution in [0, 0.1) is 0 Å². The Morgan fingerprint density at radius 2 is 2.45 bits per heavy atom. The molecule has 1 fully saturated rings. The summed E-state index contributed by atoms with van der Waals surface area (Å²) in [7, 11) is 0. The smallest absolute Gasteiger partial charge is 0.245 e. The number of ether oxygens (including phenoxy) is 1. The van der Waals surface area contributed by atoms with Crippen molar-refractivity contribution in [3.8, 4) is 0 Å². The monoisotopic (exact) mass is 298 g/mol. The quantitative estimate of drug-likeness (QED) is 0.812. The number of rotatable bonds is 4. The highest BCUT2D eigenvalue weighted by Crippen LogP contribution is 2.26. The molecular formula is C13H19ClN4O2. The van der Waals surface area contributed by atoms with Gasteiger partial charge in [0.15, 0.2) is 5.82 Å². The van der Waals surface area contributed by atoms with Gasteiger partial charge in [-0.15, -0.1) is 0 Å². The molecule has 0 aliphatic carbocycles. The van der Waals surface area contributed by atoms with Gasteiger partial charge < -0.3 is 20.7 Å². The predicted molar refractivity (Wildman–Crippen MR) is 78.9 cm³/mol. The van der Waals surface area contributed by atoms with E-state index in [0.717, 1.165) is 6.42 Å². The van der Waals surface area contributed by atoms with Crippen LogP contribution in [0.3, 0.4) is 0 Å². The Bertz CT molecular complexity index is 483. The third-order valence-electron chi connectivity index (χ3n) is 3.12. The Morgan fingerprint density at radius 1 is 1.65 bits per heavy atom. The number of anilines is 2. The van der Waals surface area contributed by atoms with Gasteiger partial charge in [0.25, 0.3) is 0 Å². The minimum atomic E-state index is -0.427. The van der Waals surface area contributed by atoms with Crippen molar-refractivity contribution < 1.29 is 9.53 Å². The standard InChI is InChI=1S/C13H19ClN4O2/c1-2-5-16-13(19)10-8-20-7-6-18(10)12-9(15)3-4-11(14)17-12/h3-4,10H,2,5-8,15H2,1H3,(H,16,19). The highest BCUT2D eigenvalue weighted by Gasteiger charge is 2.31. The van der Waals surface area contributed by atoms with Crippen molar-refractivity contribution in [1.82, 2.24) is 10.3 Å². The van der Waals surface area contributed by atoms with Crippen molar-refractivity contribution in [2.24, 2.45) is 0 Å². The molecule has 0 bridgehead atoms. The molecule has 0 saturated carbocycles. The Hall–Kier alpha value is -1.53. The van der Waals surface area contributed by atoms with Gasteiger partial charge in [0.2, 0.25) is 5.91 Å². The minimum Gasteiger partial charge on any atom is -0.396 e. The average Bonchev–Trinajstić information content (AvgIpc) is 2.47. The van der Waals surface area contributed by atoms with Gasteiger partial charge >= 0.3 is 0 Å². The number of hydrogen-bond donors (Lipinski definition) is 2. The van der Waals surface area contributed by atoms with Crippen molar-refractivity contribution in [3.05, 3.63) is 17.3 Å². The zero-order valence-electron chi connectivity index (χ0n) is 11.4. The van der Waals surface area contributed by atoms with E-state index in [1.165, 1.54) is 0 Å². The van der Waals surface area contributed by atoms with Gasteiger partial charge in [0.05, 0.1) is 18.9 Å². The topological polar surface area (TPSA) is 80.5 Å². The fourth-order valence-corrected chi connectivity index (χ4v) is 2.25. The molecule has 0 spiro atoms. The lowest BCUT2D eigenvalue weighted by molar-refractivity contribution is -0.124. The Morgan fingerprint density at radius 3 is 3.20 bits per heavy atom. The molecule has 2 heterocycles. The van der Waals surface area contributed by atoms with E-state index in [4.69, 9.17) is 22.1 Å². The van der Waals surface area contributed by atoms with Crippen molar-refractivity contribution in [3.63, 3.8) is 0 Å². The minimum absolute atomic E-state index is 0.0762. The number of nitrogens with zero attached hydrogens (tertiary/aromatic N) is 2. The Balaban J connectivity index is 2.22. The summed E-state index contributed by atoms with van der Waals surface area (Å²) < 4.78 is 5.40. The third-order valence-corrected chi connectivity index (χ3v) is 3.33. The molecule has 3 N–H and O–H groups in total. The highest BCUT2D eigenvalue weighted by atomic mass is 35.5. The van der Waals surface area contributed by atoms with Gasteiger partial charge in [0.1, 0.15) is 11.2 Å². The van der Waals surface area contributed by atoms with Crippen molar-refractivity contribution in [2.45, 2.75) is 19.4 Å². The first-order valence-electron chi connectivity index (χ1n) is 6.67. The fraction of sp³-hybridized carbons (Fsp3) is 0.538. The van der Waals surface area contributed by atoms with E-state index in [0.29, 0.717) is 43.0 Å². The zero-order chi connectivity index (χ0) is 14.5. The molecular weight excluding hydrogens is 280 g/mol. The molecule has 1 aromatic rings. The number of amides is 1. The molecule has 2 rings (SSSR count). The lowest BCUT2D eigenvalue weighted by Crippen LogP contribution is -2.54. The van der Waals surface area contributed by atoms with Crippen LogP contribution in [0.4, 0.5) is 11.5 Å². The number of morpholine rings is 1. The van der Waals surface area contributed by atoms with Crippen molar-refractivity contribution >= 4 is 29.0 Å². The second kappa shape index (κ2) is 6.76. The number of hydrogen-bond acceptors (Lipinski definition) is 5. The van der Waals surface area contributed by atoms with Crippen LogP contribution in [0.25, 0.3) is 0 Å². The van der Waals surface area contributed by atoms with Crippen LogP contribution in [0.1, 0.15) is 13.3 Å². The van der Waals surface area contributed by atoms with E-state index in [2.05, 4.69) is 10.3 Å². The average molecular weight is 299 g/mol. The summed E-state index contributed by atoms with van der Waals surface area (Å²) in [6.45, 7) is 4.06. The van der Waals surface area contributed by atoms with Gasteiger partial charge in [-0.2, -0.15) is 0 Å². The number of pyridine rings is 1. The first-order valence-corrected chi connectivity index (χ1v) is 7.05.